The molecule has 0 amide bonds. The Kier molecular flexibility index (Phi) is 11.2. The molecule has 0 unspecified atom stereocenters. The third kappa shape index (κ3) is 7.16. The molecule has 0 bridgehead atoms. The maximum atomic E-state index is 7.39. The molecule has 0 radical (unpaired) electrons. The Morgan fingerprint density at radius 1 is 0.727 bits per heavy atom. The molecule has 8 aromatic rings. The van der Waals surface area contributed by atoms with Crippen molar-refractivity contribution in [3.63, 3.8) is 0 Å². The fraction of sp³-hybridized carbons (Fsp3) is 0.300. The van der Waals surface area contributed by atoms with Crippen LogP contribution in [0.5, 0.6) is 11.5 Å². The maximum absolute atomic E-state index is 7.39. The molecule has 2 atom stereocenters. The van der Waals surface area contributed by atoms with Gasteiger partial charge < -0.3 is 14.0 Å². The van der Waals surface area contributed by atoms with Crippen LogP contribution in [0.15, 0.2) is 120 Å². The summed E-state index contributed by atoms with van der Waals surface area (Å²) in [5, 5.41) is 2.27. The summed E-state index contributed by atoms with van der Waals surface area (Å²) in [5.41, 5.74) is 16.2. The van der Waals surface area contributed by atoms with Gasteiger partial charge in [-0.3, -0.25) is 4.99 Å². The van der Waals surface area contributed by atoms with Gasteiger partial charge in [0.1, 0.15) is 22.7 Å². The van der Waals surface area contributed by atoms with Gasteiger partial charge in [0.15, 0.2) is 0 Å². The van der Waals surface area contributed by atoms with E-state index in [1.54, 1.807) is 0 Å². The molecule has 10 rings (SSSR count). The fourth-order valence-electron chi connectivity index (χ4n) is 11.1. The van der Waals surface area contributed by atoms with E-state index in [4.69, 9.17) is 19.5 Å². The molecule has 2 aromatic heterocycles. The van der Waals surface area contributed by atoms with E-state index in [9.17, 15) is 0 Å². The van der Waals surface area contributed by atoms with Crippen LogP contribution in [-0.4, -0.2) is 21.0 Å². The van der Waals surface area contributed by atoms with Crippen molar-refractivity contribution in [2.75, 3.05) is 0 Å². The van der Waals surface area contributed by atoms with Crippen LogP contribution in [-0.2, 0) is 49.6 Å². The van der Waals surface area contributed by atoms with Gasteiger partial charge in [-0.2, -0.15) is 0 Å². The van der Waals surface area contributed by atoms with E-state index in [2.05, 4.69) is 203 Å². The van der Waals surface area contributed by atoms with Crippen molar-refractivity contribution in [1.29, 1.82) is 0 Å². The number of hydrogen-bond acceptors (Lipinski definition) is 4. The second-order valence-electron chi connectivity index (χ2n) is 20.5. The van der Waals surface area contributed by atoms with Gasteiger partial charge in [-0.1, -0.05) is 137 Å². The van der Waals surface area contributed by atoms with E-state index in [0.29, 0.717) is 17.4 Å². The number of aliphatic imine (C=N–C) groups is 1. The second-order valence-corrected chi connectivity index (χ2v) is 20.5. The average Bonchev–Trinajstić information content (AvgIpc) is 3.85. The quantitative estimate of drug-likeness (QED) is 0.143. The minimum atomic E-state index is -0.608. The Bertz CT molecular complexity index is 3240. The zero-order valence-corrected chi connectivity index (χ0v) is 42.6. The molecular formula is C60H59N3O2Pt. The van der Waals surface area contributed by atoms with Crippen molar-refractivity contribution in [3.8, 4) is 28.3 Å². The molecule has 66 heavy (non-hydrogen) atoms. The van der Waals surface area contributed by atoms with E-state index in [1.165, 1.54) is 55.5 Å². The van der Waals surface area contributed by atoms with Gasteiger partial charge in [0, 0.05) is 40.3 Å². The molecule has 6 heteroatoms. The second kappa shape index (κ2) is 16.2. The summed E-state index contributed by atoms with van der Waals surface area (Å²) in [6.07, 6.45) is 3.60. The summed E-state index contributed by atoms with van der Waals surface area (Å²) in [5.74, 6) is 1.73. The normalized spacial score (nSPS) is 17.9. The summed E-state index contributed by atoms with van der Waals surface area (Å²) in [6, 6.07) is 47.0. The van der Waals surface area contributed by atoms with Gasteiger partial charge in [0.25, 0.3) is 0 Å². The number of benzene rings is 6. The van der Waals surface area contributed by atoms with E-state index < -0.39 is 11.1 Å². The monoisotopic (exact) mass is 1050 g/mol. The average molecular weight is 1050 g/mol. The summed E-state index contributed by atoms with van der Waals surface area (Å²) in [4.78, 5) is 10.6. The summed E-state index contributed by atoms with van der Waals surface area (Å²) < 4.78 is 16.8. The molecule has 1 aliphatic heterocycles. The topological polar surface area (TPSA) is 48.6 Å². The first-order chi connectivity index (χ1) is 30.9. The third-order valence-corrected chi connectivity index (χ3v) is 14.8. The summed E-state index contributed by atoms with van der Waals surface area (Å²) >= 11 is 0. The summed E-state index contributed by atoms with van der Waals surface area (Å²) in [7, 11) is 0. The Morgan fingerprint density at radius 3 is 2.15 bits per heavy atom. The van der Waals surface area contributed by atoms with Crippen LogP contribution in [0, 0.1) is 52.2 Å². The minimum Gasteiger partial charge on any atom is -0.510 e. The van der Waals surface area contributed by atoms with Gasteiger partial charge in [-0.25, -0.2) is 4.98 Å². The molecule has 1 aliphatic carbocycles. The Labute approximate surface area is 405 Å². The number of aryl methyl sites for hydroxylation is 6. The van der Waals surface area contributed by atoms with E-state index in [-0.39, 0.29) is 31.9 Å². The molecular weight excluding hydrogens is 990 g/mol. The van der Waals surface area contributed by atoms with Gasteiger partial charge in [-0.15, -0.1) is 29.8 Å². The number of aromatic nitrogens is 2. The van der Waals surface area contributed by atoms with E-state index in [1.807, 2.05) is 12.3 Å². The number of rotatable bonds is 8. The molecule has 6 aromatic carbocycles. The summed E-state index contributed by atoms with van der Waals surface area (Å²) in [6.45, 7) is 26.8. The van der Waals surface area contributed by atoms with E-state index in [0.717, 1.165) is 57.3 Å². The van der Waals surface area contributed by atoms with Crippen molar-refractivity contribution in [1.82, 2.24) is 9.55 Å². The van der Waals surface area contributed by atoms with Crippen molar-refractivity contribution in [2.45, 2.75) is 112 Å². The van der Waals surface area contributed by atoms with Gasteiger partial charge >= 0.3 is 21.1 Å². The maximum Gasteiger partial charge on any atom is 2.00 e. The largest absolute Gasteiger partial charge is 2.00 e. The van der Waals surface area contributed by atoms with Crippen LogP contribution < -0.4 is 4.74 Å². The molecule has 0 fully saturated rings. The molecule has 0 spiro atoms. The minimum absolute atomic E-state index is 0. The van der Waals surface area contributed by atoms with Crippen molar-refractivity contribution in [3.05, 3.63) is 189 Å². The predicted octanol–water partition coefficient (Wildman–Crippen LogP) is 14.7. The van der Waals surface area contributed by atoms with E-state index >= 15 is 0 Å². The zero-order chi connectivity index (χ0) is 45.8. The third-order valence-electron chi connectivity index (χ3n) is 14.8. The van der Waals surface area contributed by atoms with Crippen LogP contribution in [0.25, 0.3) is 38.8 Å². The van der Waals surface area contributed by atoms with Crippen LogP contribution in [0.1, 0.15) is 110 Å². The molecule has 2 aliphatic rings. The van der Waals surface area contributed by atoms with Crippen LogP contribution in [0.2, 0.25) is 0 Å². The molecule has 0 N–H and O–H groups in total. The Hall–Kier alpha value is -5.77. The van der Waals surface area contributed by atoms with Crippen LogP contribution in [0.4, 0.5) is 0 Å². The number of hydrogen-bond donors (Lipinski definition) is 0. The zero-order valence-electron chi connectivity index (χ0n) is 40.4. The van der Waals surface area contributed by atoms with Gasteiger partial charge in [0.2, 0.25) is 0 Å². The van der Waals surface area contributed by atoms with Crippen molar-refractivity contribution < 1.29 is 30.5 Å². The van der Waals surface area contributed by atoms with Crippen LogP contribution in [0.3, 0.4) is 0 Å². The number of pyridine rings is 1. The number of nitrogens with zero attached hydrogens (tertiary/aromatic N) is 3. The number of ether oxygens (including phenoxy) is 2. The van der Waals surface area contributed by atoms with Crippen molar-refractivity contribution in [2.24, 2.45) is 10.4 Å². The molecule has 0 saturated heterocycles. The van der Waals surface area contributed by atoms with Gasteiger partial charge in [0.05, 0.1) is 5.52 Å². The molecule has 336 valence electrons. The SMILES string of the molecule is CCc1ccc2c(c1)c1cccnc1n2-c1[c-]c(Oc2[c-]c(C3=N[C@]4(C)c5cc(C)c(C)cc5C[C@]4(C(C)(C)C)O3)cc(-c3c(C)cc(C)cc3C)c2)cc(C(C)(C)c2ccccc2)c1.[Pt+2]. The first-order valence-electron chi connectivity index (χ1n) is 23.2. The molecule has 5 nitrogen and oxygen atoms in total. The first-order valence-corrected chi connectivity index (χ1v) is 23.2. The Balaban J connectivity index is 0.00000548. The van der Waals surface area contributed by atoms with Gasteiger partial charge in [-0.05, 0) is 128 Å². The smallest absolute Gasteiger partial charge is 0.510 e. The Morgan fingerprint density at radius 2 is 1.44 bits per heavy atom. The van der Waals surface area contributed by atoms with Crippen LogP contribution >= 0.6 is 0 Å². The fourth-order valence-corrected chi connectivity index (χ4v) is 11.1. The number of fused-ring (bicyclic) bond motifs is 6. The standard InChI is InChI=1S/C60H59N3O2.Pt/c1-13-41-21-22-53-51(28-41)50-20-17-23-61-55(50)63(53)47-32-46(58(10,11)45-18-15-14-16-19-45)33-49(34-47)64-48-30-42(54-39(5)24-36(2)25-40(54)6)29-43(31-48)56-62-59(12)52-27-38(4)37(3)26-44(52)35-60(59,65-56)57(7,8)9;/h14-30,32-33H,13,35H2,1-12H3;/q-2;+2/t59-,60-;/m1./s1. The predicted molar refractivity (Wildman–Crippen MR) is 267 cm³/mol. The van der Waals surface area contributed by atoms with Crippen molar-refractivity contribution >= 4 is 27.8 Å². The molecule has 0 saturated carbocycles. The first kappa shape index (κ1) is 45.4. The molecule has 3 heterocycles.